The van der Waals surface area contributed by atoms with Crippen LogP contribution in [0.15, 0.2) is 66.0 Å². The average Bonchev–Trinajstić information content (AvgIpc) is 3.36. The highest BCUT2D eigenvalue weighted by Crippen LogP contribution is 2.26. The van der Waals surface area contributed by atoms with Gasteiger partial charge in [-0.3, -0.25) is 9.69 Å². The molecular formula is C25H29FN4OS. The van der Waals surface area contributed by atoms with E-state index in [-0.39, 0.29) is 17.8 Å². The Morgan fingerprint density at radius 3 is 2.31 bits per heavy atom. The third-order valence-electron chi connectivity index (χ3n) is 5.94. The summed E-state index contributed by atoms with van der Waals surface area (Å²) in [6.07, 6.45) is 0. The van der Waals surface area contributed by atoms with Crippen molar-refractivity contribution in [2.45, 2.75) is 6.04 Å². The normalized spacial score (nSPS) is 15.4. The van der Waals surface area contributed by atoms with Gasteiger partial charge >= 0.3 is 0 Å². The molecule has 4 rings (SSSR count). The summed E-state index contributed by atoms with van der Waals surface area (Å²) >= 11 is 1.45. The second-order valence-electron chi connectivity index (χ2n) is 8.19. The van der Waals surface area contributed by atoms with Crippen LogP contribution >= 0.6 is 11.3 Å². The molecule has 32 heavy (non-hydrogen) atoms. The first-order valence-electron chi connectivity index (χ1n) is 10.8. The van der Waals surface area contributed by atoms with Crippen LogP contribution in [-0.2, 0) is 0 Å². The molecule has 1 unspecified atom stereocenters. The van der Waals surface area contributed by atoms with Crippen molar-refractivity contribution in [1.82, 2.24) is 10.2 Å². The van der Waals surface area contributed by atoms with Crippen LogP contribution in [0.1, 0.15) is 21.3 Å². The van der Waals surface area contributed by atoms with E-state index in [1.165, 1.54) is 29.0 Å². The molecule has 0 spiro atoms. The van der Waals surface area contributed by atoms with E-state index >= 15 is 0 Å². The minimum atomic E-state index is -0.213. The molecule has 7 heteroatoms. The number of hydrogen-bond donors (Lipinski definition) is 1. The molecule has 1 aliphatic heterocycles. The maximum absolute atomic E-state index is 13.3. The zero-order valence-corrected chi connectivity index (χ0v) is 19.3. The van der Waals surface area contributed by atoms with Crippen molar-refractivity contribution in [3.63, 3.8) is 0 Å². The Balaban J connectivity index is 1.47. The lowest BCUT2D eigenvalue weighted by molar-refractivity contribution is 0.0934. The topological polar surface area (TPSA) is 38.8 Å². The molecule has 5 nitrogen and oxygen atoms in total. The van der Waals surface area contributed by atoms with Gasteiger partial charge in [-0.1, -0.05) is 18.2 Å². The maximum atomic E-state index is 13.3. The Morgan fingerprint density at radius 1 is 1.03 bits per heavy atom. The quantitative estimate of drug-likeness (QED) is 0.582. The third kappa shape index (κ3) is 5.29. The van der Waals surface area contributed by atoms with E-state index in [0.29, 0.717) is 6.54 Å². The third-order valence-corrected chi connectivity index (χ3v) is 6.81. The molecule has 2 aromatic carbocycles. The van der Waals surface area contributed by atoms with Crippen molar-refractivity contribution < 1.29 is 9.18 Å². The number of hydrogen-bond acceptors (Lipinski definition) is 5. The number of anilines is 2. The number of amides is 1. The summed E-state index contributed by atoms with van der Waals surface area (Å²) in [4.78, 5) is 20.1. The lowest BCUT2D eigenvalue weighted by Crippen LogP contribution is -2.49. The molecule has 1 aliphatic rings. The highest BCUT2D eigenvalue weighted by Gasteiger charge is 2.26. The summed E-state index contributed by atoms with van der Waals surface area (Å²) in [6, 6.07) is 19.1. The smallest absolute Gasteiger partial charge is 0.261 e. The molecule has 0 radical (unpaired) electrons. The zero-order valence-electron chi connectivity index (χ0n) is 18.5. The average molecular weight is 453 g/mol. The first-order chi connectivity index (χ1) is 15.5. The van der Waals surface area contributed by atoms with Crippen molar-refractivity contribution in [1.29, 1.82) is 0 Å². The standard InChI is InChI=1S/C25H29FN4OS/c1-28(2)21-9-5-19(6-10-21)23(18-27-25(31)24-4-3-17-32-24)30-15-13-29(14-16-30)22-11-7-20(26)8-12-22/h3-12,17,23H,13-16,18H2,1-2H3,(H,27,31). The van der Waals surface area contributed by atoms with Crippen LogP contribution in [0.25, 0.3) is 0 Å². The maximum Gasteiger partial charge on any atom is 0.261 e. The fraction of sp³-hybridized carbons (Fsp3) is 0.320. The van der Waals surface area contributed by atoms with E-state index in [1.54, 1.807) is 0 Å². The van der Waals surface area contributed by atoms with Gasteiger partial charge in [0.1, 0.15) is 5.82 Å². The highest BCUT2D eigenvalue weighted by atomic mass is 32.1. The molecule has 0 bridgehead atoms. The fourth-order valence-corrected chi connectivity index (χ4v) is 4.72. The molecule has 1 fully saturated rings. The number of thiophene rings is 1. The number of benzene rings is 2. The Kier molecular flexibility index (Phi) is 7.07. The molecule has 1 atom stereocenters. The van der Waals surface area contributed by atoms with Crippen LogP contribution in [0, 0.1) is 5.82 Å². The van der Waals surface area contributed by atoms with Crippen LogP contribution < -0.4 is 15.1 Å². The van der Waals surface area contributed by atoms with E-state index in [4.69, 9.17) is 0 Å². The van der Waals surface area contributed by atoms with Gasteiger partial charge in [0.15, 0.2) is 0 Å². The molecule has 2 heterocycles. The van der Waals surface area contributed by atoms with E-state index in [9.17, 15) is 9.18 Å². The Bertz CT molecular complexity index is 997. The van der Waals surface area contributed by atoms with Gasteiger partial charge in [-0.2, -0.15) is 0 Å². The summed E-state index contributed by atoms with van der Waals surface area (Å²) in [5.41, 5.74) is 3.39. The second-order valence-corrected chi connectivity index (χ2v) is 9.14. The number of nitrogens with one attached hydrogen (secondary N) is 1. The van der Waals surface area contributed by atoms with Crippen LogP contribution in [0.3, 0.4) is 0 Å². The predicted octanol–water partition coefficient (Wildman–Crippen LogP) is 4.25. The summed E-state index contributed by atoms with van der Waals surface area (Å²) in [6.45, 7) is 4.00. The van der Waals surface area contributed by atoms with Gasteiger partial charge in [-0.25, -0.2) is 4.39 Å². The van der Waals surface area contributed by atoms with Crippen LogP contribution in [0.5, 0.6) is 0 Å². The van der Waals surface area contributed by atoms with E-state index in [0.717, 1.165) is 42.4 Å². The van der Waals surface area contributed by atoms with Crippen molar-refractivity contribution in [3.8, 4) is 0 Å². The SMILES string of the molecule is CN(C)c1ccc(C(CNC(=O)c2cccs2)N2CCN(c3ccc(F)cc3)CC2)cc1. The van der Waals surface area contributed by atoms with Gasteiger partial charge in [0.05, 0.1) is 10.9 Å². The van der Waals surface area contributed by atoms with Gasteiger partial charge in [0, 0.05) is 58.2 Å². The summed E-state index contributed by atoms with van der Waals surface area (Å²) in [7, 11) is 4.06. The summed E-state index contributed by atoms with van der Waals surface area (Å²) < 4.78 is 13.3. The molecule has 1 saturated heterocycles. The summed E-state index contributed by atoms with van der Waals surface area (Å²) in [5.74, 6) is -0.241. The second kappa shape index (κ2) is 10.1. The van der Waals surface area contributed by atoms with Crippen LogP contribution in [0.2, 0.25) is 0 Å². The first-order valence-corrected chi connectivity index (χ1v) is 11.7. The Morgan fingerprint density at radius 2 is 1.72 bits per heavy atom. The van der Waals surface area contributed by atoms with Gasteiger partial charge in [0.2, 0.25) is 0 Å². The van der Waals surface area contributed by atoms with Crippen molar-refractivity contribution in [3.05, 3.63) is 82.3 Å². The largest absolute Gasteiger partial charge is 0.378 e. The Labute approximate surface area is 193 Å². The molecule has 3 aromatic rings. The molecule has 168 valence electrons. The van der Waals surface area contributed by atoms with Crippen LogP contribution in [0.4, 0.5) is 15.8 Å². The number of carbonyl (C=O) groups excluding carboxylic acids is 1. The predicted molar refractivity (Wildman–Crippen MR) is 130 cm³/mol. The number of carbonyl (C=O) groups is 1. The lowest BCUT2D eigenvalue weighted by atomic mass is 10.0. The number of halogens is 1. The summed E-state index contributed by atoms with van der Waals surface area (Å²) in [5, 5.41) is 5.05. The number of nitrogens with zero attached hydrogens (tertiary/aromatic N) is 3. The monoisotopic (exact) mass is 452 g/mol. The first kappa shape index (κ1) is 22.3. The van der Waals surface area contributed by atoms with E-state index in [1.807, 2.05) is 43.7 Å². The van der Waals surface area contributed by atoms with E-state index in [2.05, 4.69) is 44.3 Å². The van der Waals surface area contributed by atoms with Crippen molar-refractivity contribution in [2.24, 2.45) is 0 Å². The number of piperazine rings is 1. The minimum Gasteiger partial charge on any atom is -0.378 e. The molecule has 1 aromatic heterocycles. The van der Waals surface area contributed by atoms with Gasteiger partial charge < -0.3 is 15.1 Å². The molecule has 1 N–H and O–H groups in total. The Hall–Kier alpha value is -2.90. The van der Waals surface area contributed by atoms with Crippen molar-refractivity contribution in [2.75, 3.05) is 56.6 Å². The van der Waals surface area contributed by atoms with E-state index < -0.39 is 0 Å². The zero-order chi connectivity index (χ0) is 22.5. The highest BCUT2D eigenvalue weighted by molar-refractivity contribution is 7.12. The lowest BCUT2D eigenvalue weighted by Gasteiger charge is -2.40. The van der Waals surface area contributed by atoms with Gasteiger partial charge in [-0.05, 0) is 53.4 Å². The molecule has 0 aliphatic carbocycles. The van der Waals surface area contributed by atoms with Crippen LogP contribution in [-0.4, -0.2) is 57.6 Å². The molecule has 1 amide bonds. The fourth-order valence-electron chi connectivity index (χ4n) is 4.08. The minimum absolute atomic E-state index is 0.0279. The van der Waals surface area contributed by atoms with Crippen molar-refractivity contribution >= 4 is 28.6 Å². The van der Waals surface area contributed by atoms with Gasteiger partial charge in [-0.15, -0.1) is 11.3 Å². The molecular weight excluding hydrogens is 423 g/mol. The molecule has 0 saturated carbocycles. The van der Waals surface area contributed by atoms with Gasteiger partial charge in [0.25, 0.3) is 5.91 Å². The number of rotatable bonds is 7.